The monoisotopic (exact) mass is 298 g/mol. The van der Waals surface area contributed by atoms with Gasteiger partial charge in [0.15, 0.2) is 0 Å². The molecule has 1 heterocycles. The predicted octanol–water partition coefficient (Wildman–Crippen LogP) is 0.539. The van der Waals surface area contributed by atoms with Crippen LogP contribution in [-0.2, 0) is 14.8 Å². The Bertz CT molecular complexity index is 629. The summed E-state index contributed by atoms with van der Waals surface area (Å²) in [5.41, 5.74) is -0.710. The zero-order valence-corrected chi connectivity index (χ0v) is 12.3. The Hall–Kier alpha value is -1.60. The van der Waals surface area contributed by atoms with Crippen LogP contribution in [0.25, 0.3) is 0 Å². The Morgan fingerprint density at radius 3 is 2.75 bits per heavy atom. The van der Waals surface area contributed by atoms with Gasteiger partial charge in [0, 0.05) is 20.1 Å². The zero-order valence-electron chi connectivity index (χ0n) is 11.5. The van der Waals surface area contributed by atoms with E-state index in [1.54, 1.807) is 14.0 Å². The molecule has 1 unspecified atom stereocenters. The number of phenols is 1. The van der Waals surface area contributed by atoms with Gasteiger partial charge in [0.25, 0.3) is 0 Å². The highest BCUT2D eigenvalue weighted by Gasteiger charge is 2.44. The molecular formula is C13H18N2O4S. The van der Waals surface area contributed by atoms with Crippen molar-refractivity contribution in [2.24, 2.45) is 5.41 Å². The highest BCUT2D eigenvalue weighted by Crippen LogP contribution is 2.34. The lowest BCUT2D eigenvalue weighted by Crippen LogP contribution is -2.40. The summed E-state index contributed by atoms with van der Waals surface area (Å²) in [5.74, 6) is -0.259. The zero-order chi connectivity index (χ0) is 15.0. The fourth-order valence-electron chi connectivity index (χ4n) is 2.40. The number of nitrogens with zero attached hydrogens (tertiary/aromatic N) is 1. The number of sulfonamides is 1. The minimum Gasteiger partial charge on any atom is -0.508 e. The summed E-state index contributed by atoms with van der Waals surface area (Å²) in [6.07, 6.45) is 0.477. The van der Waals surface area contributed by atoms with Crippen molar-refractivity contribution in [1.82, 2.24) is 9.62 Å². The molecule has 0 saturated carbocycles. The Balaban J connectivity index is 2.27. The molecule has 0 spiro atoms. The van der Waals surface area contributed by atoms with Crippen LogP contribution >= 0.6 is 0 Å². The fourth-order valence-corrected chi connectivity index (χ4v) is 4.01. The maximum Gasteiger partial charge on any atom is 0.243 e. The molecule has 1 fully saturated rings. The van der Waals surface area contributed by atoms with Gasteiger partial charge in [-0.3, -0.25) is 4.79 Å². The van der Waals surface area contributed by atoms with Gasteiger partial charge in [0.2, 0.25) is 15.9 Å². The number of rotatable bonds is 3. The van der Waals surface area contributed by atoms with E-state index in [0.717, 1.165) is 0 Å². The van der Waals surface area contributed by atoms with Gasteiger partial charge in [0.05, 0.1) is 10.3 Å². The van der Waals surface area contributed by atoms with Crippen LogP contribution < -0.4 is 5.32 Å². The van der Waals surface area contributed by atoms with Crippen molar-refractivity contribution in [2.75, 3.05) is 20.1 Å². The molecule has 0 bridgehead atoms. The van der Waals surface area contributed by atoms with Crippen molar-refractivity contribution in [3.05, 3.63) is 24.3 Å². The molecule has 1 aromatic rings. The minimum absolute atomic E-state index is 0.0404. The molecule has 1 aliphatic rings. The summed E-state index contributed by atoms with van der Waals surface area (Å²) in [4.78, 5) is 11.9. The van der Waals surface area contributed by atoms with Crippen LogP contribution in [0, 0.1) is 5.41 Å². The van der Waals surface area contributed by atoms with Gasteiger partial charge in [-0.25, -0.2) is 8.42 Å². The summed E-state index contributed by atoms with van der Waals surface area (Å²) in [6.45, 7) is 2.19. The Morgan fingerprint density at radius 2 is 2.15 bits per heavy atom. The molecule has 0 aromatic heterocycles. The Labute approximate surface area is 118 Å². The van der Waals surface area contributed by atoms with Crippen molar-refractivity contribution in [2.45, 2.75) is 18.2 Å². The van der Waals surface area contributed by atoms with Crippen LogP contribution in [0.15, 0.2) is 29.2 Å². The van der Waals surface area contributed by atoms with Crippen LogP contribution in [0.4, 0.5) is 0 Å². The molecule has 2 N–H and O–H groups in total. The second-order valence-corrected chi connectivity index (χ2v) is 7.16. The Kier molecular flexibility index (Phi) is 3.75. The van der Waals surface area contributed by atoms with Gasteiger partial charge in [-0.1, -0.05) is 6.07 Å². The molecule has 20 heavy (non-hydrogen) atoms. The molecule has 110 valence electrons. The fraction of sp³-hybridized carbons (Fsp3) is 0.462. The number of carbonyl (C=O) groups excluding carboxylic acids is 1. The SMILES string of the molecule is CNC(=O)C1(C)CCN(S(=O)(=O)c2cccc(O)c2)C1. The highest BCUT2D eigenvalue weighted by atomic mass is 32.2. The second kappa shape index (κ2) is 5.06. The lowest BCUT2D eigenvalue weighted by molar-refractivity contribution is -0.128. The topological polar surface area (TPSA) is 86.7 Å². The van der Waals surface area contributed by atoms with Gasteiger partial charge in [-0.15, -0.1) is 0 Å². The van der Waals surface area contributed by atoms with Crippen LogP contribution in [0.1, 0.15) is 13.3 Å². The first-order valence-electron chi connectivity index (χ1n) is 6.31. The van der Waals surface area contributed by atoms with Gasteiger partial charge >= 0.3 is 0 Å². The van der Waals surface area contributed by atoms with E-state index in [2.05, 4.69) is 5.32 Å². The average Bonchev–Trinajstić information content (AvgIpc) is 2.82. The number of carbonyl (C=O) groups is 1. The number of aromatic hydroxyl groups is 1. The molecule has 1 saturated heterocycles. The minimum atomic E-state index is -3.68. The van der Waals surface area contributed by atoms with Crippen LogP contribution in [0.3, 0.4) is 0 Å². The van der Waals surface area contributed by atoms with E-state index in [9.17, 15) is 18.3 Å². The first-order valence-corrected chi connectivity index (χ1v) is 7.75. The summed E-state index contributed by atoms with van der Waals surface area (Å²) in [5, 5.41) is 12.0. The van der Waals surface area contributed by atoms with Gasteiger partial charge < -0.3 is 10.4 Å². The molecule has 0 radical (unpaired) electrons. The third-order valence-electron chi connectivity index (χ3n) is 3.67. The standard InChI is InChI=1S/C13H18N2O4S/c1-13(12(17)14-2)6-7-15(9-13)20(18,19)11-5-3-4-10(16)8-11/h3-5,8,16H,6-7,9H2,1-2H3,(H,14,17). The molecule has 2 rings (SSSR count). The van der Waals surface area contributed by atoms with Crippen molar-refractivity contribution in [3.63, 3.8) is 0 Å². The molecule has 7 heteroatoms. The first-order chi connectivity index (χ1) is 9.29. The number of amides is 1. The lowest BCUT2D eigenvalue weighted by atomic mass is 9.89. The highest BCUT2D eigenvalue weighted by molar-refractivity contribution is 7.89. The van der Waals surface area contributed by atoms with E-state index >= 15 is 0 Å². The van der Waals surface area contributed by atoms with E-state index in [0.29, 0.717) is 13.0 Å². The second-order valence-electron chi connectivity index (χ2n) is 5.23. The maximum absolute atomic E-state index is 12.5. The Morgan fingerprint density at radius 1 is 1.45 bits per heavy atom. The summed E-state index contributed by atoms with van der Waals surface area (Å²) in [7, 11) is -2.14. The molecule has 6 nitrogen and oxygen atoms in total. The molecule has 1 aliphatic heterocycles. The first kappa shape index (κ1) is 14.8. The van der Waals surface area contributed by atoms with E-state index in [1.807, 2.05) is 0 Å². The van der Waals surface area contributed by atoms with Gasteiger partial charge in [0.1, 0.15) is 5.75 Å². The maximum atomic E-state index is 12.5. The molecular weight excluding hydrogens is 280 g/mol. The number of phenolic OH excluding ortho intramolecular Hbond substituents is 1. The van der Waals surface area contributed by atoms with E-state index in [4.69, 9.17) is 0 Å². The number of benzene rings is 1. The van der Waals surface area contributed by atoms with E-state index < -0.39 is 15.4 Å². The van der Waals surface area contributed by atoms with Crippen molar-refractivity contribution in [3.8, 4) is 5.75 Å². The number of hydrogen-bond donors (Lipinski definition) is 2. The molecule has 0 aliphatic carbocycles. The summed E-state index contributed by atoms with van der Waals surface area (Å²) >= 11 is 0. The van der Waals surface area contributed by atoms with E-state index in [1.165, 1.54) is 28.6 Å². The third kappa shape index (κ3) is 2.51. The third-order valence-corrected chi connectivity index (χ3v) is 5.51. The van der Waals surface area contributed by atoms with E-state index in [-0.39, 0.29) is 23.1 Å². The van der Waals surface area contributed by atoms with Crippen molar-refractivity contribution in [1.29, 1.82) is 0 Å². The van der Waals surface area contributed by atoms with Crippen molar-refractivity contribution >= 4 is 15.9 Å². The summed E-state index contributed by atoms with van der Waals surface area (Å²) in [6, 6.07) is 5.55. The quantitative estimate of drug-likeness (QED) is 0.852. The van der Waals surface area contributed by atoms with Gasteiger partial charge in [-0.05, 0) is 31.5 Å². The molecule has 1 atom stereocenters. The average molecular weight is 298 g/mol. The molecule has 1 aromatic carbocycles. The van der Waals surface area contributed by atoms with Crippen LogP contribution in [0.5, 0.6) is 5.75 Å². The smallest absolute Gasteiger partial charge is 0.243 e. The van der Waals surface area contributed by atoms with Crippen molar-refractivity contribution < 1.29 is 18.3 Å². The normalized spacial score (nSPS) is 23.7. The predicted molar refractivity (Wildman–Crippen MR) is 73.7 cm³/mol. The van der Waals surface area contributed by atoms with Crippen LogP contribution in [0.2, 0.25) is 0 Å². The van der Waals surface area contributed by atoms with Crippen LogP contribution in [-0.4, -0.2) is 43.9 Å². The molecule has 1 amide bonds. The van der Waals surface area contributed by atoms with Gasteiger partial charge in [-0.2, -0.15) is 4.31 Å². The number of nitrogens with one attached hydrogen (secondary N) is 1. The lowest BCUT2D eigenvalue weighted by Gasteiger charge is -2.22. The largest absolute Gasteiger partial charge is 0.508 e. The number of hydrogen-bond acceptors (Lipinski definition) is 4. The summed E-state index contributed by atoms with van der Waals surface area (Å²) < 4.78 is 26.2.